The van der Waals surface area contributed by atoms with Crippen molar-refractivity contribution >= 4 is 5.91 Å². The first kappa shape index (κ1) is 17.5. The van der Waals surface area contributed by atoms with Crippen molar-refractivity contribution in [2.45, 2.75) is 45.4 Å². The van der Waals surface area contributed by atoms with Crippen molar-refractivity contribution in [1.29, 1.82) is 0 Å². The molecule has 0 saturated carbocycles. The van der Waals surface area contributed by atoms with Gasteiger partial charge in [0.15, 0.2) is 0 Å². The van der Waals surface area contributed by atoms with Crippen molar-refractivity contribution in [3.63, 3.8) is 0 Å². The zero-order chi connectivity index (χ0) is 17.6. The first-order valence-corrected chi connectivity index (χ1v) is 9.38. The number of hydrogen-bond acceptors (Lipinski definition) is 2. The van der Waals surface area contributed by atoms with Crippen LogP contribution in [0.4, 0.5) is 0 Å². The maximum atomic E-state index is 13.1. The predicted octanol–water partition coefficient (Wildman–Crippen LogP) is 5.26. The summed E-state index contributed by atoms with van der Waals surface area (Å²) < 4.78 is 5.98. The number of rotatable bonds is 7. The number of fused-ring (bicyclic) bond motifs is 2. The Balaban J connectivity index is 1.80. The third-order valence-electron chi connectivity index (χ3n) is 5.05. The van der Waals surface area contributed by atoms with Crippen LogP contribution >= 0.6 is 0 Å². The first-order valence-electron chi connectivity index (χ1n) is 9.38. The molecule has 0 bridgehead atoms. The van der Waals surface area contributed by atoms with Gasteiger partial charge < -0.3 is 10.1 Å². The lowest BCUT2D eigenvalue weighted by Crippen LogP contribution is -2.34. The van der Waals surface area contributed by atoms with Gasteiger partial charge in [0.2, 0.25) is 5.91 Å². The van der Waals surface area contributed by atoms with Gasteiger partial charge in [0.05, 0.1) is 5.92 Å². The molecule has 1 amide bonds. The Morgan fingerprint density at radius 3 is 2.20 bits per heavy atom. The molecule has 0 aliphatic carbocycles. The van der Waals surface area contributed by atoms with E-state index in [1.165, 1.54) is 19.3 Å². The highest BCUT2D eigenvalue weighted by atomic mass is 16.5. The Labute approximate surface area is 150 Å². The molecule has 2 aromatic carbocycles. The van der Waals surface area contributed by atoms with Gasteiger partial charge in [-0.2, -0.15) is 0 Å². The molecule has 1 atom stereocenters. The summed E-state index contributed by atoms with van der Waals surface area (Å²) in [6, 6.07) is 15.7. The minimum absolute atomic E-state index is 0.0677. The van der Waals surface area contributed by atoms with E-state index in [9.17, 15) is 4.79 Å². The Morgan fingerprint density at radius 2 is 1.64 bits per heavy atom. The highest BCUT2D eigenvalue weighted by Gasteiger charge is 2.32. The number of carbonyl (C=O) groups is 1. The third-order valence-corrected chi connectivity index (χ3v) is 5.05. The van der Waals surface area contributed by atoms with E-state index in [1.807, 2.05) is 48.5 Å². The fourth-order valence-corrected chi connectivity index (χ4v) is 3.48. The second-order valence-corrected chi connectivity index (χ2v) is 6.77. The molecule has 3 nitrogen and oxygen atoms in total. The number of hydrogen-bond donors (Lipinski definition) is 1. The van der Waals surface area contributed by atoms with E-state index < -0.39 is 0 Å². The molecule has 1 aliphatic heterocycles. The van der Waals surface area contributed by atoms with Gasteiger partial charge >= 0.3 is 0 Å². The van der Waals surface area contributed by atoms with Crippen LogP contribution in [0.3, 0.4) is 0 Å². The normalized spacial score (nSPS) is 14.2. The molecule has 2 aromatic rings. The van der Waals surface area contributed by atoms with Gasteiger partial charge in [0.25, 0.3) is 0 Å². The number of unbranched alkanes of at least 4 members (excludes halogenated alkanes) is 1. The summed E-state index contributed by atoms with van der Waals surface area (Å²) in [6.07, 6.45) is 4.69. The first-order chi connectivity index (χ1) is 12.2. The van der Waals surface area contributed by atoms with Crippen LogP contribution in [0, 0.1) is 5.92 Å². The van der Waals surface area contributed by atoms with Crippen molar-refractivity contribution in [1.82, 2.24) is 5.32 Å². The third kappa shape index (κ3) is 3.87. The monoisotopic (exact) mass is 337 g/mol. The van der Waals surface area contributed by atoms with Gasteiger partial charge in [-0.15, -0.1) is 0 Å². The quantitative estimate of drug-likeness (QED) is 0.748. The van der Waals surface area contributed by atoms with Crippen molar-refractivity contribution in [3.05, 3.63) is 59.7 Å². The molecule has 0 fully saturated rings. The topological polar surface area (TPSA) is 38.3 Å². The number of nitrogens with one attached hydrogen (secondary N) is 1. The van der Waals surface area contributed by atoms with Crippen LogP contribution in [-0.4, -0.2) is 12.5 Å². The van der Waals surface area contributed by atoms with Gasteiger partial charge in [0.1, 0.15) is 11.5 Å². The molecule has 0 spiro atoms. The van der Waals surface area contributed by atoms with Crippen LogP contribution < -0.4 is 10.1 Å². The molecule has 132 valence electrons. The molecule has 25 heavy (non-hydrogen) atoms. The molecule has 0 unspecified atom stereocenters. The molecule has 0 aromatic heterocycles. The average molecular weight is 337 g/mol. The molecule has 1 heterocycles. The predicted molar refractivity (Wildman–Crippen MR) is 101 cm³/mol. The van der Waals surface area contributed by atoms with Gasteiger partial charge in [-0.3, -0.25) is 4.79 Å². The van der Waals surface area contributed by atoms with E-state index in [2.05, 4.69) is 19.2 Å². The lowest BCUT2D eigenvalue weighted by atomic mass is 9.87. The molecule has 1 aliphatic rings. The van der Waals surface area contributed by atoms with Gasteiger partial charge in [-0.25, -0.2) is 0 Å². The molecule has 1 N–H and O–H groups in total. The van der Waals surface area contributed by atoms with Gasteiger partial charge in [0, 0.05) is 17.7 Å². The van der Waals surface area contributed by atoms with Crippen molar-refractivity contribution in [3.8, 4) is 11.5 Å². The summed E-state index contributed by atoms with van der Waals surface area (Å²) >= 11 is 0. The lowest BCUT2D eigenvalue weighted by Gasteiger charge is -2.28. The fraction of sp³-hybridized carbons (Fsp3) is 0.409. The minimum Gasteiger partial charge on any atom is -0.457 e. The Bertz CT molecular complexity index is 680. The standard InChI is InChI=1S/C22H27NO2/c1-3-5-10-16(4-2)15-23-22(24)21-17-11-6-8-13-19(17)25-20-14-9-7-12-18(20)21/h6-9,11-14,16,21H,3-5,10,15H2,1-2H3,(H,23,24)/t16-/m1/s1. The molecular weight excluding hydrogens is 310 g/mol. The van der Waals surface area contributed by atoms with Crippen LogP contribution in [0.15, 0.2) is 48.5 Å². The summed E-state index contributed by atoms with van der Waals surface area (Å²) in [5.41, 5.74) is 1.89. The Kier molecular flexibility index (Phi) is 5.75. The Morgan fingerprint density at radius 1 is 1.04 bits per heavy atom. The summed E-state index contributed by atoms with van der Waals surface area (Å²) in [6.45, 7) is 5.16. The molecular formula is C22H27NO2. The average Bonchev–Trinajstić information content (AvgIpc) is 2.66. The summed E-state index contributed by atoms with van der Waals surface area (Å²) in [4.78, 5) is 13.1. The van der Waals surface area contributed by atoms with Gasteiger partial charge in [-0.1, -0.05) is 69.5 Å². The number of carbonyl (C=O) groups excluding carboxylic acids is 1. The second-order valence-electron chi connectivity index (χ2n) is 6.77. The van der Waals surface area contributed by atoms with Crippen molar-refractivity contribution in [2.24, 2.45) is 5.92 Å². The van der Waals surface area contributed by atoms with E-state index in [-0.39, 0.29) is 11.8 Å². The highest BCUT2D eigenvalue weighted by molar-refractivity contribution is 5.89. The van der Waals surface area contributed by atoms with E-state index in [4.69, 9.17) is 4.74 Å². The van der Waals surface area contributed by atoms with E-state index >= 15 is 0 Å². The summed E-state index contributed by atoms with van der Waals surface area (Å²) in [7, 11) is 0. The number of benzene rings is 2. The highest BCUT2D eigenvalue weighted by Crippen LogP contribution is 2.43. The largest absolute Gasteiger partial charge is 0.457 e. The zero-order valence-electron chi connectivity index (χ0n) is 15.1. The molecule has 3 heteroatoms. The fourth-order valence-electron chi connectivity index (χ4n) is 3.48. The van der Waals surface area contributed by atoms with Crippen molar-refractivity contribution in [2.75, 3.05) is 6.54 Å². The van der Waals surface area contributed by atoms with E-state index in [0.717, 1.165) is 35.6 Å². The SMILES string of the molecule is CCCC[C@@H](CC)CNC(=O)C1c2ccccc2Oc2ccccc21. The number of ether oxygens (including phenoxy) is 1. The second kappa shape index (κ2) is 8.19. The number of para-hydroxylation sites is 2. The Hall–Kier alpha value is -2.29. The van der Waals surface area contributed by atoms with Crippen LogP contribution in [0.1, 0.15) is 56.6 Å². The summed E-state index contributed by atoms with van der Waals surface area (Å²) in [5.74, 6) is 1.87. The maximum Gasteiger partial charge on any atom is 0.232 e. The van der Waals surface area contributed by atoms with Crippen LogP contribution in [0.25, 0.3) is 0 Å². The zero-order valence-corrected chi connectivity index (χ0v) is 15.1. The molecule has 0 saturated heterocycles. The lowest BCUT2D eigenvalue weighted by molar-refractivity contribution is -0.122. The molecule has 0 radical (unpaired) electrons. The van der Waals surface area contributed by atoms with E-state index in [0.29, 0.717) is 5.92 Å². The minimum atomic E-state index is -0.301. The van der Waals surface area contributed by atoms with E-state index in [1.54, 1.807) is 0 Å². The summed E-state index contributed by atoms with van der Waals surface area (Å²) in [5, 5.41) is 3.20. The maximum absolute atomic E-state index is 13.1. The van der Waals surface area contributed by atoms with Gasteiger partial charge in [-0.05, 0) is 24.5 Å². The van der Waals surface area contributed by atoms with Crippen LogP contribution in [0.5, 0.6) is 11.5 Å². The van der Waals surface area contributed by atoms with Crippen molar-refractivity contribution < 1.29 is 9.53 Å². The smallest absolute Gasteiger partial charge is 0.232 e. The van der Waals surface area contributed by atoms with Crippen LogP contribution in [-0.2, 0) is 4.79 Å². The molecule has 3 rings (SSSR count). The van der Waals surface area contributed by atoms with Crippen LogP contribution in [0.2, 0.25) is 0 Å². The number of amides is 1.